The fourth-order valence-electron chi connectivity index (χ4n) is 1.33. The molecule has 1 atom stereocenters. The van der Waals surface area contributed by atoms with Crippen molar-refractivity contribution in [1.82, 2.24) is 10.1 Å². The van der Waals surface area contributed by atoms with Crippen LogP contribution in [0, 0.1) is 0 Å². The van der Waals surface area contributed by atoms with E-state index in [4.69, 9.17) is 26.0 Å². The largest absolute Gasteiger partial charge is 0.479 e. The van der Waals surface area contributed by atoms with E-state index in [9.17, 15) is 4.79 Å². The summed E-state index contributed by atoms with van der Waals surface area (Å²) >= 11 is 6.00. The zero-order valence-corrected chi connectivity index (χ0v) is 10.8. The Hall–Kier alpha value is -1.92. The number of halogens is 1. The number of aliphatic carboxylic acids is 1. The summed E-state index contributed by atoms with van der Waals surface area (Å²) in [6.45, 7) is 1.39. The van der Waals surface area contributed by atoms with Crippen LogP contribution in [0.1, 0.15) is 12.7 Å². The molecule has 2 rings (SSSR count). The molecule has 19 heavy (non-hydrogen) atoms. The maximum atomic E-state index is 10.6. The lowest BCUT2D eigenvalue weighted by molar-refractivity contribution is -0.150. The summed E-state index contributed by atoms with van der Waals surface area (Å²) in [6.07, 6.45) is -0.928. The molecular weight excluding hydrogens is 272 g/mol. The van der Waals surface area contributed by atoms with E-state index in [1.807, 2.05) is 0 Å². The predicted octanol–water partition coefficient (Wildman–Crippen LogP) is 2.38. The molecule has 1 heterocycles. The highest BCUT2D eigenvalue weighted by molar-refractivity contribution is 6.33. The summed E-state index contributed by atoms with van der Waals surface area (Å²) in [5.41, 5.74) is 0.620. The number of hydrogen-bond acceptors (Lipinski definition) is 5. The van der Waals surface area contributed by atoms with Crippen molar-refractivity contribution in [1.29, 1.82) is 0 Å². The van der Waals surface area contributed by atoms with E-state index in [1.165, 1.54) is 6.92 Å². The second kappa shape index (κ2) is 5.81. The SMILES string of the molecule is C[C@H](OCc1noc(-c2ccccc2Cl)n1)C(=O)O. The molecule has 0 aliphatic heterocycles. The molecular formula is C12H11ClN2O4. The molecule has 0 saturated heterocycles. The van der Waals surface area contributed by atoms with Crippen LogP contribution >= 0.6 is 11.6 Å². The number of nitrogens with zero attached hydrogens (tertiary/aromatic N) is 2. The first-order chi connectivity index (χ1) is 9.08. The molecule has 0 fully saturated rings. The summed E-state index contributed by atoms with van der Waals surface area (Å²) in [7, 11) is 0. The van der Waals surface area contributed by atoms with Gasteiger partial charge in [-0.1, -0.05) is 28.9 Å². The highest BCUT2D eigenvalue weighted by atomic mass is 35.5. The van der Waals surface area contributed by atoms with E-state index >= 15 is 0 Å². The first-order valence-electron chi connectivity index (χ1n) is 5.50. The molecule has 0 aliphatic carbocycles. The van der Waals surface area contributed by atoms with Crippen molar-refractivity contribution in [2.75, 3.05) is 0 Å². The smallest absolute Gasteiger partial charge is 0.332 e. The number of carboxylic acid groups (broad SMARTS) is 1. The molecule has 1 aromatic carbocycles. The van der Waals surface area contributed by atoms with Crippen molar-refractivity contribution in [3.63, 3.8) is 0 Å². The number of benzene rings is 1. The summed E-state index contributed by atoms with van der Waals surface area (Å²) < 4.78 is 10.1. The molecule has 1 N–H and O–H groups in total. The molecule has 0 spiro atoms. The number of rotatable bonds is 5. The van der Waals surface area contributed by atoms with Gasteiger partial charge in [0.25, 0.3) is 5.89 Å². The minimum atomic E-state index is -1.05. The van der Waals surface area contributed by atoms with Gasteiger partial charge >= 0.3 is 5.97 Å². The quantitative estimate of drug-likeness (QED) is 0.906. The molecule has 0 amide bonds. The van der Waals surface area contributed by atoms with Crippen LogP contribution in [0.15, 0.2) is 28.8 Å². The summed E-state index contributed by atoms with van der Waals surface area (Å²) in [5.74, 6) is -0.509. The van der Waals surface area contributed by atoms with Crippen LogP contribution in [0.5, 0.6) is 0 Å². The van der Waals surface area contributed by atoms with Gasteiger partial charge in [-0.05, 0) is 19.1 Å². The van der Waals surface area contributed by atoms with Crippen LogP contribution in [0.25, 0.3) is 11.5 Å². The van der Waals surface area contributed by atoms with E-state index in [0.29, 0.717) is 10.6 Å². The lowest BCUT2D eigenvalue weighted by Gasteiger charge is -2.04. The van der Waals surface area contributed by atoms with Gasteiger partial charge in [-0.2, -0.15) is 4.98 Å². The predicted molar refractivity (Wildman–Crippen MR) is 66.6 cm³/mol. The van der Waals surface area contributed by atoms with Crippen LogP contribution < -0.4 is 0 Å². The molecule has 6 nitrogen and oxygen atoms in total. The minimum absolute atomic E-state index is 0.0403. The van der Waals surface area contributed by atoms with Crippen molar-refractivity contribution in [2.24, 2.45) is 0 Å². The number of hydrogen-bond donors (Lipinski definition) is 1. The Morgan fingerprint density at radius 2 is 2.26 bits per heavy atom. The number of carbonyl (C=O) groups is 1. The molecule has 1 aromatic heterocycles. The van der Waals surface area contributed by atoms with Crippen LogP contribution in [-0.4, -0.2) is 27.3 Å². The molecule has 0 aliphatic rings. The lowest BCUT2D eigenvalue weighted by atomic mass is 10.2. The van der Waals surface area contributed by atoms with Gasteiger partial charge in [-0.15, -0.1) is 0 Å². The Morgan fingerprint density at radius 3 is 2.95 bits per heavy atom. The van der Waals surface area contributed by atoms with Crippen molar-refractivity contribution < 1.29 is 19.2 Å². The van der Waals surface area contributed by atoms with Crippen LogP contribution in [-0.2, 0) is 16.1 Å². The third-order valence-corrected chi connectivity index (χ3v) is 2.71. The van der Waals surface area contributed by atoms with E-state index in [-0.39, 0.29) is 18.3 Å². The van der Waals surface area contributed by atoms with Crippen molar-refractivity contribution >= 4 is 17.6 Å². The van der Waals surface area contributed by atoms with E-state index in [2.05, 4.69) is 10.1 Å². The average molecular weight is 283 g/mol. The maximum absolute atomic E-state index is 10.6. The highest BCUT2D eigenvalue weighted by Gasteiger charge is 2.15. The van der Waals surface area contributed by atoms with Gasteiger partial charge in [0.1, 0.15) is 6.61 Å². The van der Waals surface area contributed by atoms with Gasteiger partial charge < -0.3 is 14.4 Å². The minimum Gasteiger partial charge on any atom is -0.479 e. The Kier molecular flexibility index (Phi) is 4.13. The second-order valence-electron chi connectivity index (χ2n) is 3.79. The molecule has 0 radical (unpaired) electrons. The van der Waals surface area contributed by atoms with E-state index in [0.717, 1.165) is 0 Å². The van der Waals surface area contributed by atoms with Crippen molar-refractivity contribution in [3.8, 4) is 11.5 Å². The van der Waals surface area contributed by atoms with E-state index in [1.54, 1.807) is 24.3 Å². The van der Waals surface area contributed by atoms with Gasteiger partial charge in [0.05, 0.1) is 10.6 Å². The first-order valence-corrected chi connectivity index (χ1v) is 5.87. The fraction of sp³-hybridized carbons (Fsp3) is 0.250. The topological polar surface area (TPSA) is 85.5 Å². The molecule has 7 heteroatoms. The Labute approximate surface area is 114 Å². The third kappa shape index (κ3) is 3.30. The van der Waals surface area contributed by atoms with Crippen LogP contribution in [0.2, 0.25) is 5.02 Å². The molecule has 0 unspecified atom stereocenters. The summed E-state index contributed by atoms with van der Waals surface area (Å²) in [5, 5.41) is 12.9. The van der Waals surface area contributed by atoms with Crippen LogP contribution in [0.4, 0.5) is 0 Å². The number of carboxylic acids is 1. The number of ether oxygens (including phenoxy) is 1. The molecule has 2 aromatic rings. The average Bonchev–Trinajstić information content (AvgIpc) is 2.85. The van der Waals surface area contributed by atoms with Gasteiger partial charge in [0.15, 0.2) is 11.9 Å². The Balaban J connectivity index is 2.08. The third-order valence-electron chi connectivity index (χ3n) is 2.38. The molecule has 0 saturated carbocycles. The molecule has 0 bridgehead atoms. The first kappa shape index (κ1) is 13.5. The normalized spacial score (nSPS) is 12.3. The van der Waals surface area contributed by atoms with Gasteiger partial charge in [-0.3, -0.25) is 0 Å². The standard InChI is InChI=1S/C12H11ClN2O4/c1-7(12(16)17)18-6-10-14-11(19-15-10)8-4-2-3-5-9(8)13/h2-5,7H,6H2,1H3,(H,16,17)/t7-/m0/s1. The van der Waals surface area contributed by atoms with Gasteiger partial charge in [0.2, 0.25) is 0 Å². The van der Waals surface area contributed by atoms with Crippen molar-refractivity contribution in [2.45, 2.75) is 19.6 Å². The fourth-order valence-corrected chi connectivity index (χ4v) is 1.54. The highest BCUT2D eigenvalue weighted by Crippen LogP contribution is 2.25. The zero-order valence-electron chi connectivity index (χ0n) is 10.0. The Bertz CT molecular complexity index is 585. The van der Waals surface area contributed by atoms with Gasteiger partial charge in [-0.25, -0.2) is 4.79 Å². The van der Waals surface area contributed by atoms with Crippen LogP contribution in [0.3, 0.4) is 0 Å². The van der Waals surface area contributed by atoms with Gasteiger partial charge in [0, 0.05) is 0 Å². The van der Waals surface area contributed by atoms with Crippen molar-refractivity contribution in [3.05, 3.63) is 35.1 Å². The number of aromatic nitrogens is 2. The zero-order chi connectivity index (χ0) is 13.8. The summed E-state index contributed by atoms with van der Waals surface area (Å²) in [4.78, 5) is 14.7. The Morgan fingerprint density at radius 1 is 1.53 bits per heavy atom. The van der Waals surface area contributed by atoms with E-state index < -0.39 is 12.1 Å². The monoisotopic (exact) mass is 282 g/mol. The summed E-state index contributed by atoms with van der Waals surface area (Å²) in [6, 6.07) is 7.05. The second-order valence-corrected chi connectivity index (χ2v) is 4.19. The lowest BCUT2D eigenvalue weighted by Crippen LogP contribution is -2.19. The maximum Gasteiger partial charge on any atom is 0.332 e. The molecule has 100 valence electrons.